The van der Waals surface area contributed by atoms with Crippen LogP contribution in [-0.2, 0) is 0 Å². The molecule has 5 nitrogen and oxygen atoms in total. The van der Waals surface area contributed by atoms with Gasteiger partial charge in [-0.2, -0.15) is 0 Å². The van der Waals surface area contributed by atoms with Crippen LogP contribution in [0.4, 0.5) is 5.13 Å². The molecule has 0 saturated heterocycles. The molecule has 3 rings (SSSR count). The molecule has 0 spiro atoms. The standard InChI is InChI=1S/C14H11ClN4OS/c15-10-6-2-1-5-9(10)13(20)17-19-18-14-16-11-7-3-4-8-12(11)21-14/h1-8,19H,(H,16,18)(H,17,20). The van der Waals surface area contributed by atoms with Crippen molar-refractivity contribution in [3.8, 4) is 0 Å². The first-order chi connectivity index (χ1) is 10.2. The van der Waals surface area contributed by atoms with Gasteiger partial charge in [-0.05, 0) is 24.3 Å². The van der Waals surface area contributed by atoms with E-state index in [-0.39, 0.29) is 5.91 Å². The van der Waals surface area contributed by atoms with Gasteiger partial charge >= 0.3 is 0 Å². The number of hydrazine groups is 2. The molecule has 3 N–H and O–H groups in total. The Bertz CT molecular complexity index is 756. The van der Waals surface area contributed by atoms with Crippen molar-refractivity contribution >= 4 is 44.2 Å². The number of amides is 1. The van der Waals surface area contributed by atoms with Crippen molar-refractivity contribution in [2.24, 2.45) is 0 Å². The van der Waals surface area contributed by atoms with E-state index in [1.165, 1.54) is 11.3 Å². The molecule has 1 heterocycles. The first-order valence-corrected chi connectivity index (χ1v) is 7.35. The van der Waals surface area contributed by atoms with Crippen LogP contribution in [0.3, 0.4) is 0 Å². The summed E-state index contributed by atoms with van der Waals surface area (Å²) < 4.78 is 1.07. The number of carbonyl (C=O) groups excluding carboxylic acids is 1. The SMILES string of the molecule is O=C(NNNc1nc2ccccc2s1)c1ccccc1Cl. The molecule has 106 valence electrons. The fourth-order valence-electron chi connectivity index (χ4n) is 1.78. The highest BCUT2D eigenvalue weighted by atomic mass is 35.5. The van der Waals surface area contributed by atoms with Gasteiger partial charge in [-0.1, -0.05) is 47.2 Å². The normalized spacial score (nSPS) is 10.5. The van der Waals surface area contributed by atoms with E-state index in [4.69, 9.17) is 11.6 Å². The second-order valence-electron chi connectivity index (χ2n) is 4.17. The Balaban J connectivity index is 1.61. The van der Waals surface area contributed by atoms with Crippen LogP contribution in [-0.4, -0.2) is 10.9 Å². The Kier molecular flexibility index (Phi) is 4.01. The second-order valence-corrected chi connectivity index (χ2v) is 5.61. The molecular weight excluding hydrogens is 308 g/mol. The summed E-state index contributed by atoms with van der Waals surface area (Å²) in [5, 5.41) is 1.06. The van der Waals surface area contributed by atoms with E-state index >= 15 is 0 Å². The van der Waals surface area contributed by atoms with Gasteiger partial charge in [-0.25, -0.2) is 4.98 Å². The van der Waals surface area contributed by atoms with Crippen molar-refractivity contribution in [1.82, 2.24) is 15.9 Å². The predicted molar refractivity (Wildman–Crippen MR) is 85.3 cm³/mol. The molecule has 0 unspecified atom stereocenters. The molecule has 0 radical (unpaired) electrons. The summed E-state index contributed by atoms with van der Waals surface area (Å²) in [4.78, 5) is 16.3. The summed E-state index contributed by atoms with van der Waals surface area (Å²) in [7, 11) is 0. The summed E-state index contributed by atoms with van der Waals surface area (Å²) in [5.41, 5.74) is 9.29. The summed E-state index contributed by atoms with van der Waals surface area (Å²) in [6, 6.07) is 14.6. The van der Waals surface area contributed by atoms with Gasteiger partial charge in [-0.15, -0.1) is 5.53 Å². The minimum Gasteiger partial charge on any atom is -0.279 e. The molecule has 1 aromatic heterocycles. The van der Waals surface area contributed by atoms with Crippen molar-refractivity contribution in [1.29, 1.82) is 0 Å². The molecule has 0 fully saturated rings. The molecule has 0 saturated carbocycles. The van der Waals surface area contributed by atoms with E-state index in [1.807, 2.05) is 24.3 Å². The van der Waals surface area contributed by atoms with Gasteiger partial charge in [0.1, 0.15) is 0 Å². The van der Waals surface area contributed by atoms with Crippen LogP contribution in [0, 0.1) is 0 Å². The molecule has 0 aliphatic rings. The number of fused-ring (bicyclic) bond motifs is 1. The number of aromatic nitrogens is 1. The van der Waals surface area contributed by atoms with Crippen LogP contribution in [0.1, 0.15) is 10.4 Å². The lowest BCUT2D eigenvalue weighted by Crippen LogP contribution is -2.41. The monoisotopic (exact) mass is 318 g/mol. The van der Waals surface area contributed by atoms with E-state index < -0.39 is 0 Å². The number of hydrogen-bond donors (Lipinski definition) is 3. The fourth-order valence-corrected chi connectivity index (χ4v) is 2.82. The van der Waals surface area contributed by atoms with Gasteiger partial charge in [0.15, 0.2) is 5.13 Å². The third-order valence-corrected chi connectivity index (χ3v) is 4.04. The zero-order valence-corrected chi connectivity index (χ0v) is 12.3. The zero-order chi connectivity index (χ0) is 14.7. The minimum atomic E-state index is -0.325. The van der Waals surface area contributed by atoms with Crippen molar-refractivity contribution < 1.29 is 4.79 Å². The summed E-state index contributed by atoms with van der Waals surface area (Å²) >= 11 is 7.43. The predicted octanol–water partition coefficient (Wildman–Crippen LogP) is 3.21. The lowest BCUT2D eigenvalue weighted by atomic mass is 10.2. The molecule has 21 heavy (non-hydrogen) atoms. The van der Waals surface area contributed by atoms with Crippen molar-refractivity contribution in [2.75, 3.05) is 5.43 Å². The van der Waals surface area contributed by atoms with E-state index in [0.29, 0.717) is 15.7 Å². The summed E-state index contributed by atoms with van der Waals surface area (Å²) in [6.45, 7) is 0. The highest BCUT2D eigenvalue weighted by Crippen LogP contribution is 2.24. The number of benzene rings is 2. The zero-order valence-electron chi connectivity index (χ0n) is 10.8. The van der Waals surface area contributed by atoms with Crippen LogP contribution in [0.5, 0.6) is 0 Å². The average molecular weight is 319 g/mol. The Labute approximate surface area is 129 Å². The molecule has 1 amide bonds. The van der Waals surface area contributed by atoms with Gasteiger partial charge in [0.05, 0.1) is 20.8 Å². The number of nitrogens with zero attached hydrogens (tertiary/aromatic N) is 1. The Hall–Kier alpha value is -2.15. The van der Waals surface area contributed by atoms with Crippen LogP contribution < -0.4 is 16.4 Å². The van der Waals surface area contributed by atoms with E-state index in [9.17, 15) is 4.79 Å². The maximum absolute atomic E-state index is 11.9. The third-order valence-electron chi connectivity index (χ3n) is 2.76. The van der Waals surface area contributed by atoms with Gasteiger partial charge in [0.2, 0.25) is 0 Å². The lowest BCUT2D eigenvalue weighted by Gasteiger charge is -2.08. The molecule has 0 aliphatic heterocycles. The largest absolute Gasteiger partial charge is 0.279 e. The van der Waals surface area contributed by atoms with Gasteiger partial charge in [0.25, 0.3) is 5.91 Å². The van der Waals surface area contributed by atoms with E-state index in [0.717, 1.165) is 10.2 Å². The van der Waals surface area contributed by atoms with Gasteiger partial charge < -0.3 is 0 Å². The van der Waals surface area contributed by atoms with Crippen LogP contribution in [0.15, 0.2) is 48.5 Å². The number of thiazole rings is 1. The quantitative estimate of drug-likeness (QED) is 0.646. The van der Waals surface area contributed by atoms with Crippen molar-refractivity contribution in [3.63, 3.8) is 0 Å². The number of carbonyl (C=O) groups is 1. The van der Waals surface area contributed by atoms with Crippen molar-refractivity contribution in [3.05, 3.63) is 59.1 Å². The molecule has 7 heteroatoms. The smallest absolute Gasteiger partial charge is 0.268 e. The van der Waals surface area contributed by atoms with E-state index in [2.05, 4.69) is 21.4 Å². The maximum atomic E-state index is 11.9. The highest BCUT2D eigenvalue weighted by molar-refractivity contribution is 7.22. The fraction of sp³-hybridized carbons (Fsp3) is 0. The topological polar surface area (TPSA) is 66.1 Å². The molecular formula is C14H11ClN4OS. The van der Waals surface area contributed by atoms with Gasteiger partial charge in [0, 0.05) is 0 Å². The maximum Gasteiger partial charge on any atom is 0.268 e. The lowest BCUT2D eigenvalue weighted by molar-refractivity contribution is 0.0938. The second kappa shape index (κ2) is 6.09. The van der Waals surface area contributed by atoms with E-state index in [1.54, 1.807) is 24.3 Å². The Morgan fingerprint density at radius 3 is 2.67 bits per heavy atom. The molecule has 0 aliphatic carbocycles. The minimum absolute atomic E-state index is 0.325. The average Bonchev–Trinajstić information content (AvgIpc) is 2.90. The van der Waals surface area contributed by atoms with Crippen LogP contribution >= 0.6 is 22.9 Å². The number of rotatable bonds is 4. The number of halogens is 1. The Morgan fingerprint density at radius 1 is 1.10 bits per heavy atom. The summed E-state index contributed by atoms with van der Waals surface area (Å²) in [6.07, 6.45) is 0. The third kappa shape index (κ3) is 3.13. The highest BCUT2D eigenvalue weighted by Gasteiger charge is 2.08. The summed E-state index contributed by atoms with van der Waals surface area (Å²) in [5.74, 6) is -0.325. The molecule has 2 aromatic carbocycles. The van der Waals surface area contributed by atoms with Crippen LogP contribution in [0.25, 0.3) is 10.2 Å². The number of nitrogens with one attached hydrogen (secondary N) is 3. The Morgan fingerprint density at radius 2 is 1.86 bits per heavy atom. The van der Waals surface area contributed by atoms with Gasteiger partial charge in [-0.3, -0.25) is 15.6 Å². The molecule has 0 bridgehead atoms. The molecule has 0 atom stereocenters. The van der Waals surface area contributed by atoms with Crippen molar-refractivity contribution in [2.45, 2.75) is 0 Å². The number of hydrogen-bond acceptors (Lipinski definition) is 5. The first kappa shape index (κ1) is 13.8. The number of anilines is 1. The molecule has 3 aromatic rings. The first-order valence-electron chi connectivity index (χ1n) is 6.15. The van der Waals surface area contributed by atoms with Crippen LogP contribution in [0.2, 0.25) is 5.02 Å². The number of para-hydroxylation sites is 1.